The molecule has 2 amide bonds. The summed E-state index contributed by atoms with van der Waals surface area (Å²) < 4.78 is 5.97. The minimum absolute atomic E-state index is 0.0282. The number of nitrogens with zero attached hydrogens (tertiary/aromatic N) is 3. The van der Waals surface area contributed by atoms with Crippen LogP contribution in [0.25, 0.3) is 11.0 Å². The van der Waals surface area contributed by atoms with Crippen molar-refractivity contribution in [1.29, 1.82) is 0 Å². The largest absolute Gasteiger partial charge is 0.450 e. The predicted molar refractivity (Wildman–Crippen MR) is 121 cm³/mol. The third kappa shape index (κ3) is 2.09. The topological polar surface area (TPSA) is 83.7 Å². The number of thiazole rings is 1. The molecule has 2 aliphatic rings. The summed E-state index contributed by atoms with van der Waals surface area (Å²) in [6.45, 7) is 4.00. The van der Waals surface area contributed by atoms with E-state index in [1.165, 1.54) is 16.2 Å². The summed E-state index contributed by atoms with van der Waals surface area (Å²) in [5.74, 6) is -1.11. The van der Waals surface area contributed by atoms with Crippen LogP contribution < -0.4 is 15.2 Å². The number of carbonyl (C=O) groups excluding carboxylic acids is 2. The Morgan fingerprint density at radius 3 is 2.66 bits per heavy atom. The summed E-state index contributed by atoms with van der Waals surface area (Å²) >= 11 is 1.22. The molecule has 1 unspecified atom stereocenters. The van der Waals surface area contributed by atoms with E-state index in [-0.39, 0.29) is 17.9 Å². The van der Waals surface area contributed by atoms with Crippen molar-refractivity contribution in [2.45, 2.75) is 5.54 Å². The van der Waals surface area contributed by atoms with E-state index < -0.39 is 22.8 Å². The second-order valence-corrected chi connectivity index (χ2v) is 8.39. The SMILES string of the molecule is C=CCN1C(=O)C2(c3ccccc31)c1c(oc3ccccc3c1=O)C(=O)N2c1nccs1. The van der Waals surface area contributed by atoms with Gasteiger partial charge in [0, 0.05) is 23.7 Å². The minimum atomic E-state index is -1.70. The van der Waals surface area contributed by atoms with Crippen LogP contribution in [-0.4, -0.2) is 23.3 Å². The van der Waals surface area contributed by atoms with Gasteiger partial charge in [0.25, 0.3) is 11.8 Å². The molecule has 8 heteroatoms. The first-order valence-electron chi connectivity index (χ1n) is 9.93. The monoisotopic (exact) mass is 441 g/mol. The number of para-hydroxylation sites is 2. The lowest BCUT2D eigenvalue weighted by molar-refractivity contribution is -0.121. The summed E-state index contributed by atoms with van der Waals surface area (Å²) in [6, 6.07) is 13.9. The van der Waals surface area contributed by atoms with Gasteiger partial charge in [-0.1, -0.05) is 36.4 Å². The molecule has 2 aliphatic heterocycles. The van der Waals surface area contributed by atoms with Crippen molar-refractivity contribution in [2.24, 2.45) is 0 Å². The molecule has 0 aliphatic carbocycles. The van der Waals surface area contributed by atoms with Gasteiger partial charge < -0.3 is 9.32 Å². The molecule has 7 nitrogen and oxygen atoms in total. The molecule has 1 spiro atoms. The smallest absolute Gasteiger partial charge is 0.297 e. The molecule has 0 bridgehead atoms. The molecule has 0 fully saturated rings. The van der Waals surface area contributed by atoms with Gasteiger partial charge in [0.1, 0.15) is 5.58 Å². The zero-order valence-corrected chi connectivity index (χ0v) is 17.5. The number of carbonyl (C=O) groups is 2. The molecule has 0 saturated carbocycles. The van der Waals surface area contributed by atoms with Gasteiger partial charge in [-0.25, -0.2) is 4.98 Å². The summed E-state index contributed by atoms with van der Waals surface area (Å²) in [7, 11) is 0. The number of hydrogen-bond acceptors (Lipinski definition) is 6. The van der Waals surface area contributed by atoms with E-state index in [0.717, 1.165) is 0 Å². The molecule has 156 valence electrons. The predicted octanol–water partition coefficient (Wildman–Crippen LogP) is 3.69. The van der Waals surface area contributed by atoms with E-state index in [0.29, 0.717) is 27.4 Å². The lowest BCUT2D eigenvalue weighted by Crippen LogP contribution is -2.53. The third-order valence-corrected chi connectivity index (χ3v) is 6.71. The fraction of sp³-hybridized carbons (Fsp3) is 0.0833. The number of anilines is 2. The number of amides is 2. The van der Waals surface area contributed by atoms with Crippen LogP contribution in [0.2, 0.25) is 0 Å². The van der Waals surface area contributed by atoms with Crippen molar-refractivity contribution in [3.8, 4) is 0 Å². The second kappa shape index (κ2) is 6.48. The second-order valence-electron chi connectivity index (χ2n) is 7.52. The Labute approximate surface area is 185 Å². The van der Waals surface area contributed by atoms with Gasteiger partial charge in [0.05, 0.1) is 16.6 Å². The Kier molecular flexibility index (Phi) is 3.79. The molecule has 0 N–H and O–H groups in total. The third-order valence-electron chi connectivity index (χ3n) is 5.95. The maximum atomic E-state index is 14.2. The summed E-state index contributed by atoms with van der Waals surface area (Å²) in [4.78, 5) is 48.9. The number of hydrogen-bond donors (Lipinski definition) is 0. The van der Waals surface area contributed by atoms with E-state index in [2.05, 4.69) is 11.6 Å². The maximum absolute atomic E-state index is 14.2. The molecular formula is C24H15N3O4S. The maximum Gasteiger partial charge on any atom is 0.297 e. The van der Waals surface area contributed by atoms with Crippen molar-refractivity contribution >= 4 is 44.9 Å². The standard InChI is InChI=1S/C24H15N3O4S/c1-2-12-26-16-9-5-4-8-15(16)24(22(26)30)18-19(28)14-7-3-6-10-17(14)31-20(18)21(29)27(24)23-25-11-13-32-23/h2-11,13H,1,12H2. The van der Waals surface area contributed by atoms with Crippen LogP contribution in [0.3, 0.4) is 0 Å². The molecule has 2 aromatic heterocycles. The highest BCUT2D eigenvalue weighted by Crippen LogP contribution is 2.54. The van der Waals surface area contributed by atoms with Gasteiger partial charge in [0.15, 0.2) is 16.1 Å². The van der Waals surface area contributed by atoms with Gasteiger partial charge in [-0.05, 0) is 18.2 Å². The fourth-order valence-electron chi connectivity index (χ4n) is 4.75. The Morgan fingerprint density at radius 1 is 1.09 bits per heavy atom. The van der Waals surface area contributed by atoms with Crippen LogP contribution in [0.5, 0.6) is 0 Å². The van der Waals surface area contributed by atoms with Crippen LogP contribution in [0.1, 0.15) is 21.7 Å². The molecular weight excluding hydrogens is 426 g/mol. The molecule has 32 heavy (non-hydrogen) atoms. The first kappa shape index (κ1) is 18.7. The molecule has 0 saturated heterocycles. The summed E-state index contributed by atoms with van der Waals surface area (Å²) in [6.07, 6.45) is 3.17. The molecule has 6 rings (SSSR count). The van der Waals surface area contributed by atoms with Gasteiger partial charge in [-0.2, -0.15) is 0 Å². The first-order valence-corrected chi connectivity index (χ1v) is 10.8. The average Bonchev–Trinajstić information content (AvgIpc) is 3.48. The van der Waals surface area contributed by atoms with E-state index in [9.17, 15) is 14.4 Å². The van der Waals surface area contributed by atoms with Crippen LogP contribution in [0.4, 0.5) is 10.8 Å². The van der Waals surface area contributed by atoms with Gasteiger partial charge >= 0.3 is 0 Å². The number of aromatic nitrogens is 1. The van der Waals surface area contributed by atoms with Crippen LogP contribution in [0.15, 0.2) is 82.0 Å². The van der Waals surface area contributed by atoms with Crippen molar-refractivity contribution in [1.82, 2.24) is 4.98 Å². The quantitative estimate of drug-likeness (QED) is 0.453. The van der Waals surface area contributed by atoms with Crippen molar-refractivity contribution in [2.75, 3.05) is 16.3 Å². The minimum Gasteiger partial charge on any atom is -0.450 e. The average molecular weight is 441 g/mol. The van der Waals surface area contributed by atoms with E-state index >= 15 is 0 Å². The summed E-state index contributed by atoms with van der Waals surface area (Å²) in [5, 5.41) is 2.35. The van der Waals surface area contributed by atoms with Gasteiger partial charge in [-0.15, -0.1) is 17.9 Å². The highest BCUT2D eigenvalue weighted by molar-refractivity contribution is 7.13. The van der Waals surface area contributed by atoms with E-state index in [4.69, 9.17) is 4.42 Å². The van der Waals surface area contributed by atoms with E-state index in [1.54, 1.807) is 65.0 Å². The van der Waals surface area contributed by atoms with Crippen molar-refractivity contribution < 1.29 is 14.0 Å². The Balaban J connectivity index is 1.80. The lowest BCUT2D eigenvalue weighted by atomic mass is 9.84. The Bertz CT molecular complexity index is 1510. The molecule has 0 radical (unpaired) electrons. The Hall–Kier alpha value is -4.04. The molecule has 1 atom stereocenters. The molecule has 4 heterocycles. The van der Waals surface area contributed by atoms with Crippen LogP contribution in [0, 0.1) is 0 Å². The van der Waals surface area contributed by atoms with Gasteiger partial charge in [-0.3, -0.25) is 19.3 Å². The zero-order chi connectivity index (χ0) is 22.0. The lowest BCUT2D eigenvalue weighted by Gasteiger charge is -2.32. The molecule has 4 aromatic rings. The van der Waals surface area contributed by atoms with Crippen LogP contribution in [-0.2, 0) is 10.3 Å². The summed E-state index contributed by atoms with van der Waals surface area (Å²) in [5.41, 5.74) is -0.626. The van der Waals surface area contributed by atoms with Crippen LogP contribution >= 0.6 is 11.3 Å². The zero-order valence-electron chi connectivity index (χ0n) is 16.6. The fourth-order valence-corrected chi connectivity index (χ4v) is 5.44. The number of rotatable bonds is 3. The number of benzene rings is 2. The number of fused-ring (bicyclic) bond motifs is 5. The van der Waals surface area contributed by atoms with Gasteiger partial charge in [0.2, 0.25) is 5.76 Å². The highest BCUT2D eigenvalue weighted by atomic mass is 32.1. The van der Waals surface area contributed by atoms with Crippen molar-refractivity contribution in [3.05, 3.63) is 99.9 Å². The Morgan fingerprint density at radius 2 is 1.88 bits per heavy atom. The van der Waals surface area contributed by atoms with Crippen molar-refractivity contribution in [3.63, 3.8) is 0 Å². The highest BCUT2D eigenvalue weighted by Gasteiger charge is 2.66. The molecule has 2 aromatic carbocycles. The first-order chi connectivity index (χ1) is 15.6. The van der Waals surface area contributed by atoms with E-state index in [1.807, 2.05) is 6.07 Å². The normalized spacial score (nSPS) is 19.1.